The first-order valence-corrected chi connectivity index (χ1v) is 18.5. The number of benzene rings is 8. The lowest BCUT2D eigenvalue weighted by Crippen LogP contribution is -2.00. The first-order chi connectivity index (χ1) is 27.7. The maximum Gasteiger partial charge on any atom is 0.227 e. The first kappa shape index (κ1) is 31.8. The summed E-state index contributed by atoms with van der Waals surface area (Å²) < 4.78 is 12.9. The van der Waals surface area contributed by atoms with Crippen molar-refractivity contribution >= 4 is 43.8 Å². The van der Waals surface area contributed by atoms with Gasteiger partial charge in [0, 0.05) is 27.6 Å². The molecule has 0 atom stereocenters. The Morgan fingerprint density at radius 3 is 1.36 bits per heavy atom. The Bertz CT molecular complexity index is 3110. The summed E-state index contributed by atoms with van der Waals surface area (Å²) in [6.45, 7) is 0. The van der Waals surface area contributed by atoms with E-state index in [0.29, 0.717) is 28.9 Å². The molecule has 0 amide bonds. The van der Waals surface area contributed by atoms with Gasteiger partial charge in [0.05, 0.1) is 5.39 Å². The largest absolute Gasteiger partial charge is 0.456 e. The van der Waals surface area contributed by atoms with E-state index >= 15 is 0 Å². The van der Waals surface area contributed by atoms with Gasteiger partial charge in [-0.05, 0) is 69.4 Å². The summed E-state index contributed by atoms with van der Waals surface area (Å²) in [4.78, 5) is 20.1. The van der Waals surface area contributed by atoms with E-state index in [-0.39, 0.29) is 0 Å². The van der Waals surface area contributed by atoms with Crippen LogP contribution in [0, 0.1) is 0 Å². The highest BCUT2D eigenvalue weighted by molar-refractivity contribution is 6.25. The average molecular weight is 719 g/mol. The fourth-order valence-electron chi connectivity index (χ4n) is 7.55. The van der Waals surface area contributed by atoms with Gasteiger partial charge in [-0.2, -0.15) is 0 Å². The Morgan fingerprint density at radius 2 is 0.768 bits per heavy atom. The van der Waals surface area contributed by atoms with Crippen molar-refractivity contribution in [1.82, 2.24) is 19.9 Å². The van der Waals surface area contributed by atoms with Gasteiger partial charge in [0.25, 0.3) is 0 Å². The minimum Gasteiger partial charge on any atom is -0.456 e. The predicted molar refractivity (Wildman–Crippen MR) is 225 cm³/mol. The lowest BCUT2D eigenvalue weighted by molar-refractivity contribution is 0.622. The van der Waals surface area contributed by atoms with Crippen molar-refractivity contribution in [2.24, 2.45) is 0 Å². The van der Waals surface area contributed by atoms with E-state index < -0.39 is 0 Å². The Hall–Kier alpha value is -7.70. The second-order valence-corrected chi connectivity index (χ2v) is 13.8. The molecule has 11 rings (SSSR count). The molecule has 0 fully saturated rings. The molecule has 0 spiro atoms. The highest BCUT2D eigenvalue weighted by Gasteiger charge is 2.20. The second kappa shape index (κ2) is 13.0. The molecule has 0 aliphatic heterocycles. The van der Waals surface area contributed by atoms with Gasteiger partial charge >= 0.3 is 0 Å². The molecule has 3 heterocycles. The van der Waals surface area contributed by atoms with Gasteiger partial charge in [0.1, 0.15) is 16.7 Å². The summed E-state index contributed by atoms with van der Waals surface area (Å²) in [6.07, 6.45) is 0. The number of hydrogen-bond donors (Lipinski definition) is 0. The zero-order valence-electron chi connectivity index (χ0n) is 29.9. The maximum atomic E-state index is 6.50. The van der Waals surface area contributed by atoms with Gasteiger partial charge in [-0.1, -0.05) is 146 Å². The van der Waals surface area contributed by atoms with Crippen LogP contribution in [-0.2, 0) is 0 Å². The third kappa shape index (κ3) is 5.51. The van der Waals surface area contributed by atoms with E-state index in [2.05, 4.69) is 121 Å². The van der Waals surface area contributed by atoms with E-state index in [1.807, 2.05) is 60.7 Å². The molecule has 0 saturated carbocycles. The van der Waals surface area contributed by atoms with E-state index in [1.165, 1.54) is 0 Å². The van der Waals surface area contributed by atoms with E-state index in [0.717, 1.165) is 82.7 Å². The topological polar surface area (TPSA) is 77.8 Å². The van der Waals surface area contributed by atoms with Gasteiger partial charge in [-0.3, -0.25) is 0 Å². The van der Waals surface area contributed by atoms with Crippen LogP contribution in [0.1, 0.15) is 0 Å². The van der Waals surface area contributed by atoms with Crippen LogP contribution in [0.3, 0.4) is 0 Å². The average Bonchev–Trinajstić information content (AvgIpc) is 3.89. The molecule has 0 unspecified atom stereocenters. The van der Waals surface area contributed by atoms with Crippen LogP contribution in [0.2, 0.25) is 0 Å². The Labute approximate surface area is 321 Å². The molecule has 56 heavy (non-hydrogen) atoms. The third-order valence-corrected chi connectivity index (χ3v) is 10.4. The number of furan rings is 1. The summed E-state index contributed by atoms with van der Waals surface area (Å²) in [5.41, 5.74) is 11.1. The summed E-state index contributed by atoms with van der Waals surface area (Å²) in [5, 5.41) is 3.92. The number of oxazole rings is 1. The van der Waals surface area contributed by atoms with Crippen molar-refractivity contribution in [2.45, 2.75) is 0 Å². The molecular formula is C50H30N4O2. The molecule has 0 aliphatic rings. The minimum atomic E-state index is 0.572. The van der Waals surface area contributed by atoms with Crippen molar-refractivity contribution in [3.63, 3.8) is 0 Å². The van der Waals surface area contributed by atoms with E-state index in [4.69, 9.17) is 28.8 Å². The number of aromatic nitrogens is 4. The van der Waals surface area contributed by atoms with Gasteiger partial charge in [-0.25, -0.2) is 19.9 Å². The number of nitrogens with zero attached hydrogens (tertiary/aromatic N) is 4. The Morgan fingerprint density at radius 1 is 0.321 bits per heavy atom. The monoisotopic (exact) mass is 718 g/mol. The molecule has 3 aromatic heterocycles. The zero-order valence-corrected chi connectivity index (χ0v) is 29.9. The van der Waals surface area contributed by atoms with Gasteiger partial charge in [-0.15, -0.1) is 0 Å². The quantitative estimate of drug-likeness (QED) is 0.170. The van der Waals surface area contributed by atoms with Crippen LogP contribution in [0.4, 0.5) is 0 Å². The van der Waals surface area contributed by atoms with E-state index in [9.17, 15) is 0 Å². The fraction of sp³-hybridized carbons (Fsp3) is 0. The molecule has 6 nitrogen and oxygen atoms in total. The molecule has 0 bridgehead atoms. The summed E-state index contributed by atoms with van der Waals surface area (Å²) in [5.74, 6) is 2.34. The maximum absolute atomic E-state index is 6.50. The minimum absolute atomic E-state index is 0.572. The molecule has 6 heteroatoms. The van der Waals surface area contributed by atoms with Crippen LogP contribution in [-0.4, -0.2) is 19.9 Å². The fourth-order valence-corrected chi connectivity index (χ4v) is 7.55. The van der Waals surface area contributed by atoms with E-state index in [1.54, 1.807) is 0 Å². The first-order valence-electron chi connectivity index (χ1n) is 18.5. The highest BCUT2D eigenvalue weighted by atomic mass is 16.4. The smallest absolute Gasteiger partial charge is 0.227 e. The second-order valence-electron chi connectivity index (χ2n) is 13.8. The molecule has 0 radical (unpaired) electrons. The van der Waals surface area contributed by atoms with Gasteiger partial charge in [0.2, 0.25) is 5.89 Å². The number of hydrogen-bond acceptors (Lipinski definition) is 6. The van der Waals surface area contributed by atoms with Crippen molar-refractivity contribution in [3.05, 3.63) is 182 Å². The van der Waals surface area contributed by atoms with Crippen molar-refractivity contribution in [2.75, 3.05) is 0 Å². The molecule has 11 aromatic rings. The van der Waals surface area contributed by atoms with Crippen LogP contribution >= 0.6 is 0 Å². The SMILES string of the molecule is c1ccc(-c2ccc(-c3nc(-c4ccc(-c5ccccc5)cc4)nc(-c4ccc5ccc6oc7ccc8nc(-c9ccccc9)oc8c7c6c5c4)n3)cc2)cc1. The zero-order chi connectivity index (χ0) is 37.0. The number of rotatable bonds is 6. The Balaban J connectivity index is 1.08. The molecule has 0 N–H and O–H groups in total. The van der Waals surface area contributed by atoms with Gasteiger partial charge < -0.3 is 8.83 Å². The summed E-state index contributed by atoms with van der Waals surface area (Å²) in [6, 6.07) is 61.9. The molecule has 0 aliphatic carbocycles. The molecule has 8 aromatic carbocycles. The molecule has 0 saturated heterocycles. The molecular weight excluding hydrogens is 689 g/mol. The van der Waals surface area contributed by atoms with Crippen LogP contribution in [0.5, 0.6) is 0 Å². The predicted octanol–water partition coefficient (Wildman–Crippen LogP) is 13.1. The van der Waals surface area contributed by atoms with Crippen LogP contribution in [0.15, 0.2) is 191 Å². The van der Waals surface area contributed by atoms with Crippen LogP contribution < -0.4 is 0 Å². The summed E-state index contributed by atoms with van der Waals surface area (Å²) >= 11 is 0. The number of fused-ring (bicyclic) bond motifs is 7. The van der Waals surface area contributed by atoms with Crippen molar-refractivity contribution < 1.29 is 8.83 Å². The van der Waals surface area contributed by atoms with Crippen LogP contribution in [0.25, 0.3) is 112 Å². The Kier molecular flexibility index (Phi) is 7.38. The lowest BCUT2D eigenvalue weighted by atomic mass is 10.0. The summed E-state index contributed by atoms with van der Waals surface area (Å²) in [7, 11) is 0. The van der Waals surface area contributed by atoms with Gasteiger partial charge in [0.15, 0.2) is 23.1 Å². The van der Waals surface area contributed by atoms with Crippen molar-refractivity contribution in [1.29, 1.82) is 0 Å². The van der Waals surface area contributed by atoms with Crippen molar-refractivity contribution in [3.8, 4) is 67.9 Å². The third-order valence-electron chi connectivity index (χ3n) is 10.4. The normalized spacial score (nSPS) is 11.6. The lowest BCUT2D eigenvalue weighted by Gasteiger charge is -2.10. The standard InChI is InChI=1S/C50H30N4O2/c1-4-10-31(11-5-1)33-16-21-36(22-17-33)47-52-48(37-23-18-34(19-24-37)32-12-6-2-7-13-32)54-49(53-47)39-25-20-35-26-28-42-44(40(35)30-39)45-43(55-42)29-27-41-46(45)56-50(51-41)38-14-8-3-9-15-38/h1-30H. The highest BCUT2D eigenvalue weighted by Crippen LogP contribution is 2.41. The molecule has 262 valence electrons.